The van der Waals surface area contributed by atoms with Crippen molar-refractivity contribution in [2.75, 3.05) is 0 Å². The van der Waals surface area contributed by atoms with E-state index in [0.29, 0.717) is 6.42 Å². The number of allylic oxidation sites excluding steroid dienone is 1. The fourth-order valence-electron chi connectivity index (χ4n) is 4.24. The lowest BCUT2D eigenvalue weighted by Gasteiger charge is -2.15. The van der Waals surface area contributed by atoms with Crippen LogP contribution in [0.15, 0.2) is 28.2 Å². The minimum absolute atomic E-state index is 0.110. The molecule has 0 N–H and O–H groups in total. The highest BCUT2D eigenvalue weighted by Crippen LogP contribution is 2.62. The lowest BCUT2D eigenvalue weighted by Crippen LogP contribution is -2.21. The van der Waals surface area contributed by atoms with Gasteiger partial charge in [0.05, 0.1) is 11.3 Å². The van der Waals surface area contributed by atoms with E-state index < -0.39 is 5.41 Å². The van der Waals surface area contributed by atoms with Crippen LogP contribution < -0.4 is 0 Å². The van der Waals surface area contributed by atoms with Crippen molar-refractivity contribution in [3.63, 3.8) is 0 Å². The van der Waals surface area contributed by atoms with Crippen LogP contribution in [-0.4, -0.2) is 11.6 Å². The molecule has 3 atom stereocenters. The number of carbonyl (C=O) groups is 2. The van der Waals surface area contributed by atoms with E-state index in [0.717, 1.165) is 21.3 Å². The maximum Gasteiger partial charge on any atom is 0.173 e. The Hall–Kier alpha value is -1.26. The van der Waals surface area contributed by atoms with E-state index in [9.17, 15) is 9.59 Å². The summed E-state index contributed by atoms with van der Waals surface area (Å²) in [6.45, 7) is 2.02. The van der Waals surface area contributed by atoms with Crippen LogP contribution in [0.4, 0.5) is 0 Å². The summed E-state index contributed by atoms with van der Waals surface area (Å²) in [6, 6.07) is 6.26. The first-order chi connectivity index (χ1) is 10.5. The average molecular weight is 373 g/mol. The number of carbonyl (C=O) groups excluding carboxylic acids is 2. The van der Waals surface area contributed by atoms with Crippen molar-refractivity contribution in [3.8, 4) is 0 Å². The van der Waals surface area contributed by atoms with Crippen LogP contribution >= 0.6 is 27.3 Å². The highest BCUT2D eigenvalue weighted by Gasteiger charge is 2.69. The molecule has 0 amide bonds. The number of hydrogen-bond donors (Lipinski definition) is 0. The number of Topliss-reactive ketones (excluding diaryl/α,β-unsaturated/α-hetero) is 2. The zero-order valence-corrected chi connectivity index (χ0v) is 14.4. The van der Waals surface area contributed by atoms with Gasteiger partial charge in [-0.15, -0.1) is 11.3 Å². The van der Waals surface area contributed by atoms with Crippen LogP contribution in [0.2, 0.25) is 0 Å². The molecule has 0 bridgehead atoms. The number of rotatable bonds is 0. The minimum Gasteiger partial charge on any atom is -0.298 e. The summed E-state index contributed by atoms with van der Waals surface area (Å²) in [7, 11) is 0. The summed E-state index contributed by atoms with van der Waals surface area (Å²) in [5.74, 6) is 0.306. The summed E-state index contributed by atoms with van der Waals surface area (Å²) >= 11 is 5.25. The van der Waals surface area contributed by atoms with Crippen LogP contribution in [0, 0.1) is 17.3 Å². The Labute approximate surface area is 140 Å². The zero-order chi connectivity index (χ0) is 15.2. The highest BCUT2D eigenvalue weighted by atomic mass is 79.9. The molecule has 2 unspecified atom stereocenters. The molecule has 110 valence electrons. The first kappa shape index (κ1) is 13.2. The molecular formula is C18H13BrO2S. The van der Waals surface area contributed by atoms with Crippen molar-refractivity contribution in [1.82, 2.24) is 0 Å². The lowest BCUT2D eigenvalue weighted by molar-refractivity contribution is -0.130. The maximum atomic E-state index is 12.8. The second-order valence-corrected chi connectivity index (χ2v) is 8.71. The van der Waals surface area contributed by atoms with Gasteiger partial charge in [-0.3, -0.25) is 9.59 Å². The normalized spacial score (nSPS) is 32.4. The van der Waals surface area contributed by atoms with E-state index in [-0.39, 0.29) is 23.4 Å². The van der Waals surface area contributed by atoms with Gasteiger partial charge in [0.25, 0.3) is 0 Å². The Bertz CT molecular complexity index is 923. The summed E-state index contributed by atoms with van der Waals surface area (Å²) in [6.07, 6.45) is 3.44. The molecular weight excluding hydrogens is 360 g/mol. The molecule has 2 fully saturated rings. The molecule has 4 heteroatoms. The molecule has 0 radical (unpaired) electrons. The van der Waals surface area contributed by atoms with Crippen molar-refractivity contribution < 1.29 is 9.59 Å². The van der Waals surface area contributed by atoms with E-state index >= 15 is 0 Å². The van der Waals surface area contributed by atoms with E-state index in [2.05, 4.69) is 28.1 Å². The number of hydrogen-bond acceptors (Lipinski definition) is 3. The van der Waals surface area contributed by atoms with Gasteiger partial charge in [0.1, 0.15) is 0 Å². The monoisotopic (exact) mass is 372 g/mol. The first-order valence-electron chi connectivity index (χ1n) is 7.54. The molecule has 1 heterocycles. The fourth-order valence-corrected chi connectivity index (χ4v) is 5.77. The van der Waals surface area contributed by atoms with Gasteiger partial charge in [0.2, 0.25) is 0 Å². The second-order valence-electron chi connectivity index (χ2n) is 6.71. The van der Waals surface area contributed by atoms with Crippen molar-refractivity contribution in [2.45, 2.75) is 19.8 Å². The van der Waals surface area contributed by atoms with E-state index in [1.165, 1.54) is 15.6 Å². The van der Waals surface area contributed by atoms with Crippen molar-refractivity contribution in [2.24, 2.45) is 17.3 Å². The van der Waals surface area contributed by atoms with E-state index in [1.807, 2.05) is 19.1 Å². The molecule has 5 rings (SSSR count). The van der Waals surface area contributed by atoms with Gasteiger partial charge in [-0.2, -0.15) is 0 Å². The zero-order valence-electron chi connectivity index (χ0n) is 12.0. The largest absolute Gasteiger partial charge is 0.298 e. The standard InChI is InChI=1S/C18H13BrO2S/c1-8-7-18(8)16(20)12-5-11-10-4-9(19)2-3-14(10)22-15(11)6-13(12)17(18)21/h2-4,6,8,12H,5,7H2,1H3/t8?,12?,18-/m0/s1. The molecule has 1 spiro atoms. The summed E-state index contributed by atoms with van der Waals surface area (Å²) < 4.78 is 2.27. The molecule has 22 heavy (non-hydrogen) atoms. The third kappa shape index (κ3) is 1.41. The highest BCUT2D eigenvalue weighted by molar-refractivity contribution is 9.10. The third-order valence-electron chi connectivity index (χ3n) is 5.59. The Morgan fingerprint density at radius 3 is 2.82 bits per heavy atom. The Morgan fingerprint density at radius 2 is 2.09 bits per heavy atom. The third-order valence-corrected chi connectivity index (χ3v) is 7.24. The van der Waals surface area contributed by atoms with Crippen LogP contribution in [0.1, 0.15) is 23.8 Å². The first-order valence-corrected chi connectivity index (χ1v) is 9.15. The Morgan fingerprint density at radius 1 is 1.32 bits per heavy atom. The average Bonchev–Trinajstić information content (AvgIpc) is 3.00. The topological polar surface area (TPSA) is 34.1 Å². The maximum absolute atomic E-state index is 12.8. The quantitative estimate of drug-likeness (QED) is 0.642. The molecule has 2 aromatic rings. The van der Waals surface area contributed by atoms with Gasteiger partial charge in [-0.1, -0.05) is 22.9 Å². The van der Waals surface area contributed by atoms with Gasteiger partial charge in [0, 0.05) is 19.6 Å². The summed E-state index contributed by atoms with van der Waals surface area (Å²) in [4.78, 5) is 26.7. The van der Waals surface area contributed by atoms with Crippen LogP contribution in [0.3, 0.4) is 0 Å². The van der Waals surface area contributed by atoms with Gasteiger partial charge in [-0.25, -0.2) is 0 Å². The Kier molecular flexibility index (Phi) is 2.39. The number of thiophene rings is 1. The number of halogens is 1. The number of benzene rings is 1. The van der Waals surface area contributed by atoms with Crippen molar-refractivity contribution >= 4 is 55.0 Å². The van der Waals surface area contributed by atoms with Crippen molar-refractivity contribution in [3.05, 3.63) is 38.7 Å². The number of ketones is 2. The van der Waals surface area contributed by atoms with Crippen LogP contribution in [-0.2, 0) is 16.0 Å². The molecule has 0 aliphatic heterocycles. The van der Waals surface area contributed by atoms with Gasteiger partial charge >= 0.3 is 0 Å². The van der Waals surface area contributed by atoms with Crippen LogP contribution in [0.25, 0.3) is 16.2 Å². The molecule has 2 saturated carbocycles. The van der Waals surface area contributed by atoms with E-state index in [4.69, 9.17) is 0 Å². The molecule has 2 nitrogen and oxygen atoms in total. The van der Waals surface area contributed by atoms with Gasteiger partial charge in [0.15, 0.2) is 11.6 Å². The predicted molar refractivity (Wildman–Crippen MR) is 90.9 cm³/mol. The molecule has 3 aliphatic carbocycles. The van der Waals surface area contributed by atoms with Crippen LogP contribution in [0.5, 0.6) is 0 Å². The SMILES string of the molecule is CC1C[C@]12C(=O)C1=Cc3sc4ccc(Br)cc4c3CC1C2=O. The van der Waals surface area contributed by atoms with E-state index in [1.54, 1.807) is 11.3 Å². The fraction of sp³-hybridized carbons (Fsp3) is 0.333. The molecule has 3 aliphatic rings. The second kappa shape index (κ2) is 3.98. The van der Waals surface area contributed by atoms with Gasteiger partial charge in [-0.05, 0) is 54.0 Å². The smallest absolute Gasteiger partial charge is 0.173 e. The molecule has 0 saturated heterocycles. The van der Waals surface area contributed by atoms with Crippen molar-refractivity contribution in [1.29, 1.82) is 0 Å². The molecule has 1 aromatic carbocycles. The summed E-state index contributed by atoms with van der Waals surface area (Å²) in [5.41, 5.74) is 1.36. The minimum atomic E-state index is -0.652. The number of fused-ring (bicyclic) bond motifs is 4. The molecule has 1 aromatic heterocycles. The Balaban J connectivity index is 1.71. The summed E-state index contributed by atoms with van der Waals surface area (Å²) in [5, 5.41) is 1.22. The predicted octanol–water partition coefficient (Wildman–Crippen LogP) is 4.40. The lowest BCUT2D eigenvalue weighted by atomic mass is 9.87. The van der Waals surface area contributed by atoms with Gasteiger partial charge < -0.3 is 0 Å².